The Morgan fingerprint density at radius 1 is 1.33 bits per heavy atom. The molecule has 1 N–H and O–H groups in total. The number of carbonyl (C=O) groups excluding carboxylic acids is 1. The second-order valence-electron chi connectivity index (χ2n) is 4.22. The van der Waals surface area contributed by atoms with E-state index in [1.54, 1.807) is 0 Å². The zero-order valence-corrected chi connectivity index (χ0v) is 9.91. The lowest BCUT2D eigenvalue weighted by Crippen LogP contribution is -2.42. The number of aliphatic carboxylic acids is 1. The van der Waals surface area contributed by atoms with E-state index < -0.39 is 11.9 Å². The second kappa shape index (κ2) is 5.53. The number of likely N-dealkylation sites (tertiary alicyclic amines) is 1. The van der Waals surface area contributed by atoms with Crippen molar-refractivity contribution in [3.63, 3.8) is 0 Å². The van der Waals surface area contributed by atoms with Gasteiger partial charge in [0.1, 0.15) is 12.4 Å². The first-order chi connectivity index (χ1) is 8.68. The molecule has 0 aliphatic carbocycles. The van der Waals surface area contributed by atoms with Crippen LogP contribution in [0.25, 0.3) is 0 Å². The van der Waals surface area contributed by atoms with E-state index in [-0.39, 0.29) is 6.04 Å². The van der Waals surface area contributed by atoms with Crippen LogP contribution in [0.3, 0.4) is 0 Å². The number of carbonyl (C=O) groups is 2. The van der Waals surface area contributed by atoms with Gasteiger partial charge in [-0.05, 0) is 25.0 Å². The van der Waals surface area contributed by atoms with Crippen LogP contribution in [-0.4, -0.2) is 41.1 Å². The maximum atomic E-state index is 11.4. The fourth-order valence-corrected chi connectivity index (χ4v) is 2.11. The topological polar surface area (TPSA) is 66.8 Å². The summed E-state index contributed by atoms with van der Waals surface area (Å²) in [4.78, 5) is 23.5. The summed E-state index contributed by atoms with van der Waals surface area (Å²) in [5, 5.41) is 8.71. The molecule has 1 amide bonds. The van der Waals surface area contributed by atoms with Crippen molar-refractivity contribution in [2.45, 2.75) is 18.9 Å². The zero-order chi connectivity index (χ0) is 13.0. The van der Waals surface area contributed by atoms with Crippen molar-refractivity contribution in [1.82, 2.24) is 4.90 Å². The van der Waals surface area contributed by atoms with Gasteiger partial charge in [-0.1, -0.05) is 18.2 Å². The third-order valence-electron chi connectivity index (χ3n) is 3.01. The van der Waals surface area contributed by atoms with Crippen molar-refractivity contribution in [1.29, 1.82) is 0 Å². The maximum absolute atomic E-state index is 11.4. The van der Waals surface area contributed by atoms with Crippen molar-refractivity contribution >= 4 is 11.9 Å². The van der Waals surface area contributed by atoms with E-state index in [4.69, 9.17) is 9.84 Å². The second-order valence-corrected chi connectivity index (χ2v) is 4.22. The predicted octanol–water partition coefficient (Wildman–Crippen LogP) is 1.14. The highest BCUT2D eigenvalue weighted by Crippen LogP contribution is 2.19. The van der Waals surface area contributed by atoms with Crippen LogP contribution in [0.15, 0.2) is 30.3 Å². The molecule has 1 aromatic carbocycles. The average molecular weight is 249 g/mol. The first kappa shape index (κ1) is 12.4. The maximum Gasteiger partial charge on any atom is 0.394 e. The summed E-state index contributed by atoms with van der Waals surface area (Å²) in [5.41, 5.74) is 0. The molecule has 1 unspecified atom stereocenters. The van der Waals surface area contributed by atoms with Gasteiger partial charge in [0.25, 0.3) is 0 Å². The Kier molecular flexibility index (Phi) is 3.82. The van der Waals surface area contributed by atoms with Crippen molar-refractivity contribution in [2.24, 2.45) is 0 Å². The summed E-state index contributed by atoms with van der Waals surface area (Å²) in [7, 11) is 0. The smallest absolute Gasteiger partial charge is 0.394 e. The highest BCUT2D eigenvalue weighted by atomic mass is 16.5. The fraction of sp³-hybridized carbons (Fsp3) is 0.385. The standard InChI is InChI=1S/C13H15NO4/c15-12(13(16)17)14-8-4-5-10(14)9-18-11-6-2-1-3-7-11/h1-3,6-7,10H,4-5,8-9H2,(H,16,17). The molecule has 0 aromatic heterocycles. The first-order valence-corrected chi connectivity index (χ1v) is 5.90. The molecule has 18 heavy (non-hydrogen) atoms. The van der Waals surface area contributed by atoms with Crippen LogP contribution >= 0.6 is 0 Å². The number of hydrogen-bond acceptors (Lipinski definition) is 3. The molecule has 0 radical (unpaired) electrons. The SMILES string of the molecule is O=C(O)C(=O)N1CCCC1COc1ccccc1. The molecule has 5 nitrogen and oxygen atoms in total. The Morgan fingerprint density at radius 2 is 2.06 bits per heavy atom. The summed E-state index contributed by atoms with van der Waals surface area (Å²) in [6, 6.07) is 9.14. The minimum Gasteiger partial charge on any atom is -0.491 e. The number of nitrogens with zero attached hydrogens (tertiary/aromatic N) is 1. The first-order valence-electron chi connectivity index (χ1n) is 5.90. The molecule has 5 heteroatoms. The third kappa shape index (κ3) is 2.80. The number of carboxylic acid groups (broad SMARTS) is 1. The van der Waals surface area contributed by atoms with E-state index in [1.165, 1.54) is 4.90 Å². The van der Waals surface area contributed by atoms with Gasteiger partial charge in [-0.3, -0.25) is 4.79 Å². The van der Waals surface area contributed by atoms with Crippen LogP contribution in [0.4, 0.5) is 0 Å². The number of rotatable bonds is 3. The van der Waals surface area contributed by atoms with Crippen LogP contribution in [0, 0.1) is 0 Å². The molecular formula is C13H15NO4. The van der Waals surface area contributed by atoms with Crippen LogP contribution in [-0.2, 0) is 9.59 Å². The van der Waals surface area contributed by atoms with Gasteiger partial charge in [-0.15, -0.1) is 0 Å². The van der Waals surface area contributed by atoms with Gasteiger partial charge in [0.2, 0.25) is 0 Å². The normalized spacial score (nSPS) is 18.7. The van der Waals surface area contributed by atoms with E-state index in [1.807, 2.05) is 30.3 Å². The number of ether oxygens (including phenoxy) is 1. The molecule has 0 saturated carbocycles. The fourth-order valence-electron chi connectivity index (χ4n) is 2.11. The van der Waals surface area contributed by atoms with Gasteiger partial charge in [-0.2, -0.15) is 0 Å². The van der Waals surface area contributed by atoms with Gasteiger partial charge in [0.05, 0.1) is 6.04 Å². The lowest BCUT2D eigenvalue weighted by molar-refractivity contribution is -0.156. The molecule has 1 heterocycles. The molecule has 1 atom stereocenters. The van der Waals surface area contributed by atoms with Crippen molar-refractivity contribution in [2.75, 3.05) is 13.2 Å². The summed E-state index contributed by atoms with van der Waals surface area (Å²) in [6.07, 6.45) is 1.60. The minimum atomic E-state index is -1.40. The Hall–Kier alpha value is -2.04. The lowest BCUT2D eigenvalue weighted by atomic mass is 10.2. The highest BCUT2D eigenvalue weighted by molar-refractivity contribution is 6.31. The van der Waals surface area contributed by atoms with Crippen molar-refractivity contribution in [3.8, 4) is 5.75 Å². The molecule has 1 aliphatic rings. The largest absolute Gasteiger partial charge is 0.491 e. The van der Waals surface area contributed by atoms with Gasteiger partial charge in [0, 0.05) is 6.54 Å². The van der Waals surface area contributed by atoms with Crippen LogP contribution in [0.1, 0.15) is 12.8 Å². The van der Waals surface area contributed by atoms with Gasteiger partial charge in [-0.25, -0.2) is 4.79 Å². The van der Waals surface area contributed by atoms with Gasteiger partial charge < -0.3 is 14.7 Å². The molecule has 1 aliphatic heterocycles. The quantitative estimate of drug-likeness (QED) is 0.816. The number of benzene rings is 1. The Labute approximate surface area is 105 Å². The number of para-hydroxylation sites is 1. The predicted molar refractivity (Wildman–Crippen MR) is 64.3 cm³/mol. The van der Waals surface area contributed by atoms with E-state index in [2.05, 4.69) is 0 Å². The zero-order valence-electron chi connectivity index (χ0n) is 9.91. The highest BCUT2D eigenvalue weighted by Gasteiger charge is 2.32. The molecular weight excluding hydrogens is 234 g/mol. The van der Waals surface area contributed by atoms with Crippen LogP contribution in [0.2, 0.25) is 0 Å². The monoisotopic (exact) mass is 249 g/mol. The summed E-state index contributed by atoms with van der Waals surface area (Å²) in [6.45, 7) is 0.830. The van der Waals surface area contributed by atoms with E-state index in [0.717, 1.165) is 18.6 Å². The Balaban J connectivity index is 1.92. The van der Waals surface area contributed by atoms with Gasteiger partial charge in [0.15, 0.2) is 0 Å². The van der Waals surface area contributed by atoms with Crippen molar-refractivity contribution in [3.05, 3.63) is 30.3 Å². The van der Waals surface area contributed by atoms with Crippen molar-refractivity contribution < 1.29 is 19.4 Å². The van der Waals surface area contributed by atoms with Gasteiger partial charge >= 0.3 is 11.9 Å². The molecule has 1 aromatic rings. The number of hydrogen-bond donors (Lipinski definition) is 1. The molecule has 0 bridgehead atoms. The Morgan fingerprint density at radius 3 is 2.72 bits per heavy atom. The van der Waals surface area contributed by atoms with E-state index in [9.17, 15) is 9.59 Å². The molecule has 1 saturated heterocycles. The minimum absolute atomic E-state index is 0.145. The summed E-state index contributed by atoms with van der Waals surface area (Å²) < 4.78 is 5.56. The average Bonchev–Trinajstić information content (AvgIpc) is 2.84. The third-order valence-corrected chi connectivity index (χ3v) is 3.01. The van der Waals surface area contributed by atoms with Crippen LogP contribution in [0.5, 0.6) is 5.75 Å². The molecule has 2 rings (SSSR count). The number of carboxylic acids is 1. The van der Waals surface area contributed by atoms with E-state index >= 15 is 0 Å². The molecule has 1 fully saturated rings. The number of amides is 1. The Bertz CT molecular complexity index is 432. The van der Waals surface area contributed by atoms with E-state index in [0.29, 0.717) is 13.2 Å². The molecule has 96 valence electrons. The summed E-state index contributed by atoms with van der Waals surface area (Å²) in [5.74, 6) is -1.51. The van der Waals surface area contributed by atoms with Crippen LogP contribution < -0.4 is 4.74 Å². The summed E-state index contributed by atoms with van der Waals surface area (Å²) >= 11 is 0. The molecule has 0 spiro atoms. The lowest BCUT2D eigenvalue weighted by Gasteiger charge is -2.22.